The number of nitrogens with zero attached hydrogens (tertiary/aromatic N) is 2. The van der Waals surface area contributed by atoms with Crippen LogP contribution in [-0.2, 0) is 16.0 Å². The number of methoxy groups -OCH3 is 1. The van der Waals surface area contributed by atoms with Gasteiger partial charge in [0.1, 0.15) is 16.0 Å². The molecule has 4 nitrogen and oxygen atoms in total. The van der Waals surface area contributed by atoms with Crippen LogP contribution in [0.5, 0.6) is 0 Å². The molecule has 0 saturated carbocycles. The summed E-state index contributed by atoms with van der Waals surface area (Å²) in [4.78, 5) is 19.7. The summed E-state index contributed by atoms with van der Waals surface area (Å²) in [5.74, 6) is 0.674. The fourth-order valence-electron chi connectivity index (χ4n) is 1.17. The Labute approximate surface area is 110 Å². The molecule has 0 unspecified atom stereocenters. The van der Waals surface area contributed by atoms with Crippen molar-refractivity contribution < 1.29 is 9.53 Å². The molecule has 0 bridgehead atoms. The van der Waals surface area contributed by atoms with Gasteiger partial charge in [-0.1, -0.05) is 30.3 Å². The van der Waals surface area contributed by atoms with Gasteiger partial charge in [0.25, 0.3) is 0 Å². The Hall–Kier alpha value is -0.810. The molecule has 0 aromatic carbocycles. The number of thioether (sulfide) groups is 1. The molecule has 0 spiro atoms. The van der Waals surface area contributed by atoms with Crippen LogP contribution in [0.25, 0.3) is 0 Å². The van der Waals surface area contributed by atoms with Crippen LogP contribution in [0.1, 0.15) is 24.7 Å². The Balaban J connectivity index is 2.85. The highest BCUT2D eigenvalue weighted by atomic mass is 35.5. The monoisotopic (exact) mass is 274 g/mol. The third-order valence-corrected chi connectivity index (χ3v) is 3.54. The first-order valence-electron chi connectivity index (χ1n) is 5.31. The van der Waals surface area contributed by atoms with Gasteiger partial charge in [0, 0.05) is 12.0 Å². The highest BCUT2D eigenvalue weighted by Crippen LogP contribution is 2.25. The zero-order valence-electron chi connectivity index (χ0n) is 10.1. The first kappa shape index (κ1) is 14.3. The summed E-state index contributed by atoms with van der Waals surface area (Å²) in [5.41, 5.74) is 0.806. The van der Waals surface area contributed by atoms with E-state index in [4.69, 9.17) is 11.6 Å². The number of aryl methyl sites for hydroxylation is 1. The first-order valence-corrected chi connectivity index (χ1v) is 6.67. The summed E-state index contributed by atoms with van der Waals surface area (Å²) in [5, 5.41) is 1.20. The van der Waals surface area contributed by atoms with E-state index in [0.29, 0.717) is 5.15 Å². The standard InChI is InChI=1S/C11H15ClN2O2S/c1-4-5-8-13-10(12)7(2)11(14-8)17-6-9(15)16-3/h4-6H2,1-3H3. The van der Waals surface area contributed by atoms with Gasteiger partial charge in [-0.3, -0.25) is 4.79 Å². The maximum atomic E-state index is 11.1. The number of hydrogen-bond acceptors (Lipinski definition) is 5. The van der Waals surface area contributed by atoms with E-state index < -0.39 is 0 Å². The van der Waals surface area contributed by atoms with Gasteiger partial charge in [-0.05, 0) is 13.3 Å². The van der Waals surface area contributed by atoms with Crippen molar-refractivity contribution in [2.45, 2.75) is 31.7 Å². The zero-order valence-corrected chi connectivity index (χ0v) is 11.7. The average molecular weight is 275 g/mol. The van der Waals surface area contributed by atoms with Crippen molar-refractivity contribution in [1.29, 1.82) is 0 Å². The highest BCUT2D eigenvalue weighted by molar-refractivity contribution is 7.99. The Morgan fingerprint density at radius 1 is 1.47 bits per heavy atom. The maximum Gasteiger partial charge on any atom is 0.316 e. The second-order valence-corrected chi connectivity index (χ2v) is 4.80. The minimum absolute atomic E-state index is 0.232. The lowest BCUT2D eigenvalue weighted by atomic mass is 10.3. The fraction of sp³-hybridized carbons (Fsp3) is 0.545. The third-order valence-electron chi connectivity index (χ3n) is 2.12. The molecular weight excluding hydrogens is 260 g/mol. The molecule has 0 saturated heterocycles. The van der Waals surface area contributed by atoms with Gasteiger partial charge in [-0.15, -0.1) is 0 Å². The van der Waals surface area contributed by atoms with Crippen molar-refractivity contribution in [3.8, 4) is 0 Å². The van der Waals surface area contributed by atoms with Crippen LogP contribution < -0.4 is 0 Å². The van der Waals surface area contributed by atoms with Crippen LogP contribution >= 0.6 is 23.4 Å². The predicted molar refractivity (Wildman–Crippen MR) is 68.5 cm³/mol. The summed E-state index contributed by atoms with van der Waals surface area (Å²) in [7, 11) is 1.37. The predicted octanol–water partition coefficient (Wildman–Crippen LogP) is 2.66. The lowest BCUT2D eigenvalue weighted by molar-refractivity contribution is -0.137. The minimum Gasteiger partial charge on any atom is -0.468 e. The van der Waals surface area contributed by atoms with E-state index in [0.717, 1.165) is 29.3 Å². The molecule has 0 aliphatic rings. The van der Waals surface area contributed by atoms with Crippen LogP contribution in [0.15, 0.2) is 5.03 Å². The van der Waals surface area contributed by atoms with Crippen LogP contribution in [0.3, 0.4) is 0 Å². The number of esters is 1. The number of halogens is 1. The smallest absolute Gasteiger partial charge is 0.316 e. The van der Waals surface area contributed by atoms with Crippen molar-refractivity contribution >= 4 is 29.3 Å². The summed E-state index contributed by atoms with van der Waals surface area (Å²) >= 11 is 7.35. The van der Waals surface area contributed by atoms with Crippen molar-refractivity contribution in [2.75, 3.05) is 12.9 Å². The number of carbonyl (C=O) groups is 1. The molecule has 1 aromatic rings. The Bertz CT molecular complexity index is 413. The SMILES string of the molecule is CCCc1nc(Cl)c(C)c(SCC(=O)OC)n1. The number of hydrogen-bond donors (Lipinski definition) is 0. The molecule has 0 radical (unpaired) electrons. The molecule has 0 amide bonds. The third kappa shape index (κ3) is 4.16. The molecule has 6 heteroatoms. The fourth-order valence-corrected chi connectivity index (χ4v) is 2.27. The quantitative estimate of drug-likeness (QED) is 0.469. The summed E-state index contributed by atoms with van der Waals surface area (Å²) < 4.78 is 4.58. The molecular formula is C11H15ClN2O2S. The Morgan fingerprint density at radius 3 is 2.76 bits per heavy atom. The largest absolute Gasteiger partial charge is 0.468 e. The Kier molecular flexibility index (Phi) is 5.71. The van der Waals surface area contributed by atoms with E-state index >= 15 is 0 Å². The first-order chi connectivity index (χ1) is 8.08. The number of ether oxygens (including phenoxy) is 1. The van der Waals surface area contributed by atoms with Gasteiger partial charge in [-0.2, -0.15) is 0 Å². The van der Waals surface area contributed by atoms with E-state index in [1.54, 1.807) is 0 Å². The topological polar surface area (TPSA) is 52.1 Å². The van der Waals surface area contributed by atoms with Crippen LogP contribution in [0.4, 0.5) is 0 Å². The van der Waals surface area contributed by atoms with E-state index in [9.17, 15) is 4.79 Å². The summed E-state index contributed by atoms with van der Waals surface area (Å²) in [6.45, 7) is 3.90. The normalized spacial score (nSPS) is 10.4. The van der Waals surface area contributed by atoms with Crippen LogP contribution in [-0.4, -0.2) is 28.8 Å². The van der Waals surface area contributed by atoms with Gasteiger partial charge < -0.3 is 4.74 Å². The molecule has 0 aliphatic carbocycles. The molecule has 17 heavy (non-hydrogen) atoms. The van der Waals surface area contributed by atoms with Crippen LogP contribution in [0.2, 0.25) is 5.15 Å². The molecule has 1 heterocycles. The van der Waals surface area contributed by atoms with E-state index in [1.165, 1.54) is 18.9 Å². The highest BCUT2D eigenvalue weighted by Gasteiger charge is 2.11. The average Bonchev–Trinajstić information content (AvgIpc) is 2.31. The lowest BCUT2D eigenvalue weighted by Crippen LogP contribution is -2.05. The molecule has 0 fully saturated rings. The van der Waals surface area contributed by atoms with E-state index in [1.807, 2.05) is 6.92 Å². The molecule has 0 atom stereocenters. The second kappa shape index (κ2) is 6.81. The zero-order chi connectivity index (χ0) is 12.8. The van der Waals surface area contributed by atoms with Crippen molar-refractivity contribution in [2.24, 2.45) is 0 Å². The molecule has 0 N–H and O–H groups in total. The van der Waals surface area contributed by atoms with Gasteiger partial charge in [0.15, 0.2) is 0 Å². The minimum atomic E-state index is -0.277. The van der Waals surface area contributed by atoms with Crippen LogP contribution in [0, 0.1) is 6.92 Å². The van der Waals surface area contributed by atoms with Gasteiger partial charge in [0.2, 0.25) is 0 Å². The second-order valence-electron chi connectivity index (χ2n) is 3.48. The van der Waals surface area contributed by atoms with Crippen molar-refractivity contribution in [1.82, 2.24) is 9.97 Å². The molecule has 1 rings (SSSR count). The van der Waals surface area contributed by atoms with Crippen molar-refractivity contribution in [3.05, 3.63) is 16.5 Å². The maximum absolute atomic E-state index is 11.1. The summed E-state index contributed by atoms with van der Waals surface area (Å²) in [6, 6.07) is 0. The Morgan fingerprint density at radius 2 is 2.18 bits per heavy atom. The van der Waals surface area contributed by atoms with Crippen molar-refractivity contribution in [3.63, 3.8) is 0 Å². The van der Waals surface area contributed by atoms with E-state index in [-0.39, 0.29) is 11.7 Å². The van der Waals surface area contributed by atoms with E-state index in [2.05, 4.69) is 21.6 Å². The molecule has 94 valence electrons. The lowest BCUT2D eigenvalue weighted by Gasteiger charge is -2.07. The number of carbonyl (C=O) groups excluding carboxylic acids is 1. The van der Waals surface area contributed by atoms with Gasteiger partial charge in [0.05, 0.1) is 12.9 Å². The number of aromatic nitrogens is 2. The van der Waals surface area contributed by atoms with Gasteiger partial charge in [-0.25, -0.2) is 9.97 Å². The van der Waals surface area contributed by atoms with Gasteiger partial charge >= 0.3 is 5.97 Å². The molecule has 0 aliphatic heterocycles. The number of rotatable bonds is 5. The summed E-state index contributed by atoms with van der Waals surface area (Å²) in [6.07, 6.45) is 1.74. The molecule has 1 aromatic heterocycles.